The summed E-state index contributed by atoms with van der Waals surface area (Å²) < 4.78 is 11.0. The third kappa shape index (κ3) is 4.31. The summed E-state index contributed by atoms with van der Waals surface area (Å²) in [7, 11) is 1.53. The summed E-state index contributed by atoms with van der Waals surface area (Å²) in [5, 5.41) is 3.32. The van der Waals surface area contributed by atoms with Crippen molar-refractivity contribution in [3.05, 3.63) is 83.4 Å². The van der Waals surface area contributed by atoms with Gasteiger partial charge < -0.3 is 14.8 Å². The molecule has 0 saturated carbocycles. The van der Waals surface area contributed by atoms with Crippen LogP contribution >= 0.6 is 11.6 Å². The van der Waals surface area contributed by atoms with Crippen LogP contribution in [0.5, 0.6) is 17.2 Å². The molecule has 0 saturated heterocycles. The average Bonchev–Trinajstić information content (AvgIpc) is 2.63. The molecule has 1 N–H and O–H groups in total. The number of amides is 1. The van der Waals surface area contributed by atoms with Gasteiger partial charge in [0.05, 0.1) is 12.8 Å². The van der Waals surface area contributed by atoms with Gasteiger partial charge in [-0.2, -0.15) is 0 Å². The van der Waals surface area contributed by atoms with E-state index in [0.29, 0.717) is 33.5 Å². The Morgan fingerprint density at radius 1 is 0.920 bits per heavy atom. The van der Waals surface area contributed by atoms with Crippen LogP contribution < -0.4 is 14.8 Å². The highest BCUT2D eigenvalue weighted by Gasteiger charge is 2.11. The first-order valence-corrected chi connectivity index (χ1v) is 8.01. The number of carbonyl (C=O) groups excluding carboxylic acids is 1. The van der Waals surface area contributed by atoms with Crippen LogP contribution in [-0.2, 0) is 0 Å². The van der Waals surface area contributed by atoms with E-state index in [2.05, 4.69) is 5.32 Å². The zero-order valence-electron chi connectivity index (χ0n) is 13.5. The van der Waals surface area contributed by atoms with E-state index >= 15 is 0 Å². The van der Waals surface area contributed by atoms with E-state index in [1.165, 1.54) is 7.11 Å². The molecule has 0 spiro atoms. The molecule has 0 radical (unpaired) electrons. The Kier molecular flexibility index (Phi) is 5.21. The van der Waals surface area contributed by atoms with Gasteiger partial charge in [-0.05, 0) is 48.5 Å². The lowest BCUT2D eigenvalue weighted by molar-refractivity contribution is 0.102. The third-order valence-electron chi connectivity index (χ3n) is 3.48. The van der Waals surface area contributed by atoms with Gasteiger partial charge in [0.2, 0.25) is 0 Å². The Morgan fingerprint density at radius 2 is 1.68 bits per heavy atom. The molecule has 3 aromatic carbocycles. The highest BCUT2D eigenvalue weighted by atomic mass is 35.5. The monoisotopic (exact) mass is 353 g/mol. The van der Waals surface area contributed by atoms with Gasteiger partial charge >= 0.3 is 0 Å². The fourth-order valence-electron chi connectivity index (χ4n) is 2.30. The molecule has 126 valence electrons. The molecule has 0 bridgehead atoms. The van der Waals surface area contributed by atoms with Crippen molar-refractivity contribution in [2.24, 2.45) is 0 Å². The van der Waals surface area contributed by atoms with Crippen LogP contribution in [0.15, 0.2) is 72.8 Å². The zero-order valence-corrected chi connectivity index (χ0v) is 14.3. The van der Waals surface area contributed by atoms with Crippen molar-refractivity contribution < 1.29 is 14.3 Å². The predicted molar refractivity (Wildman–Crippen MR) is 98.9 cm³/mol. The second kappa shape index (κ2) is 7.73. The van der Waals surface area contributed by atoms with E-state index in [1.54, 1.807) is 42.5 Å². The molecule has 4 nitrogen and oxygen atoms in total. The molecular weight excluding hydrogens is 338 g/mol. The summed E-state index contributed by atoms with van der Waals surface area (Å²) in [6.07, 6.45) is 0. The summed E-state index contributed by atoms with van der Waals surface area (Å²) in [5.74, 6) is 1.54. The highest BCUT2D eigenvalue weighted by Crippen LogP contribution is 2.28. The van der Waals surface area contributed by atoms with E-state index in [1.807, 2.05) is 30.3 Å². The minimum Gasteiger partial charge on any atom is -0.495 e. The maximum absolute atomic E-state index is 12.5. The minimum atomic E-state index is -0.279. The topological polar surface area (TPSA) is 47.6 Å². The number of benzene rings is 3. The van der Waals surface area contributed by atoms with Gasteiger partial charge in [0.25, 0.3) is 5.91 Å². The molecular formula is C20H16ClNO3. The van der Waals surface area contributed by atoms with Crippen molar-refractivity contribution >= 4 is 23.2 Å². The Labute approximate surface area is 151 Å². The molecule has 0 unspecified atom stereocenters. The molecule has 3 rings (SSSR count). The van der Waals surface area contributed by atoms with Crippen LogP contribution in [0, 0.1) is 0 Å². The number of hydrogen-bond donors (Lipinski definition) is 1. The van der Waals surface area contributed by atoms with Crippen molar-refractivity contribution in [2.75, 3.05) is 12.4 Å². The van der Waals surface area contributed by atoms with Crippen LogP contribution in [0.3, 0.4) is 0 Å². The van der Waals surface area contributed by atoms with Crippen LogP contribution in [-0.4, -0.2) is 13.0 Å². The quantitative estimate of drug-likeness (QED) is 0.668. The zero-order chi connectivity index (χ0) is 17.6. The van der Waals surface area contributed by atoms with Crippen LogP contribution in [0.4, 0.5) is 5.69 Å². The molecule has 0 aliphatic carbocycles. The number of halogens is 1. The first kappa shape index (κ1) is 16.9. The van der Waals surface area contributed by atoms with Crippen molar-refractivity contribution in [1.29, 1.82) is 0 Å². The number of ether oxygens (including phenoxy) is 2. The first-order valence-electron chi connectivity index (χ1n) is 7.63. The van der Waals surface area contributed by atoms with Gasteiger partial charge in [-0.3, -0.25) is 4.79 Å². The summed E-state index contributed by atoms with van der Waals surface area (Å²) in [6.45, 7) is 0. The summed E-state index contributed by atoms with van der Waals surface area (Å²) >= 11 is 5.99. The molecule has 0 fully saturated rings. The molecule has 0 aliphatic heterocycles. The van der Waals surface area contributed by atoms with Gasteiger partial charge in [-0.1, -0.05) is 35.9 Å². The third-order valence-corrected chi connectivity index (χ3v) is 3.72. The Balaban J connectivity index is 1.79. The highest BCUT2D eigenvalue weighted by molar-refractivity contribution is 6.31. The second-order valence-corrected chi connectivity index (χ2v) is 5.68. The van der Waals surface area contributed by atoms with Crippen molar-refractivity contribution in [1.82, 2.24) is 0 Å². The Hall–Kier alpha value is -2.98. The van der Waals surface area contributed by atoms with Gasteiger partial charge in [-0.25, -0.2) is 0 Å². The Morgan fingerprint density at radius 3 is 2.44 bits per heavy atom. The number of rotatable bonds is 5. The number of carbonyl (C=O) groups is 1. The van der Waals surface area contributed by atoms with Crippen molar-refractivity contribution in [2.45, 2.75) is 0 Å². The van der Waals surface area contributed by atoms with Gasteiger partial charge in [0, 0.05) is 10.6 Å². The number of anilines is 1. The van der Waals surface area contributed by atoms with Crippen LogP contribution in [0.2, 0.25) is 5.02 Å². The van der Waals surface area contributed by atoms with Crippen molar-refractivity contribution in [3.8, 4) is 17.2 Å². The predicted octanol–water partition coefficient (Wildman–Crippen LogP) is 5.39. The SMILES string of the molecule is COc1ccc(Cl)cc1NC(=O)c1cccc(Oc2ccccc2)c1. The van der Waals surface area contributed by atoms with Gasteiger partial charge in [-0.15, -0.1) is 0 Å². The minimum absolute atomic E-state index is 0.279. The molecule has 0 aliphatic rings. The largest absolute Gasteiger partial charge is 0.495 e. The number of para-hydroxylation sites is 1. The van der Waals surface area contributed by atoms with E-state index in [-0.39, 0.29) is 5.91 Å². The van der Waals surface area contributed by atoms with Crippen molar-refractivity contribution in [3.63, 3.8) is 0 Å². The van der Waals surface area contributed by atoms with Crippen LogP contribution in [0.25, 0.3) is 0 Å². The lowest BCUT2D eigenvalue weighted by atomic mass is 10.2. The maximum Gasteiger partial charge on any atom is 0.255 e. The van der Waals surface area contributed by atoms with E-state index in [0.717, 1.165) is 0 Å². The maximum atomic E-state index is 12.5. The number of hydrogen-bond acceptors (Lipinski definition) is 3. The normalized spacial score (nSPS) is 10.2. The standard InChI is InChI=1S/C20H16ClNO3/c1-24-19-11-10-15(21)13-18(19)22-20(23)14-6-5-9-17(12-14)25-16-7-3-2-4-8-16/h2-13H,1H3,(H,22,23). The molecule has 1 amide bonds. The fraction of sp³-hybridized carbons (Fsp3) is 0.0500. The fourth-order valence-corrected chi connectivity index (χ4v) is 2.47. The first-order chi connectivity index (χ1) is 12.2. The van der Waals surface area contributed by atoms with Crippen LogP contribution in [0.1, 0.15) is 10.4 Å². The van der Waals surface area contributed by atoms with E-state index < -0.39 is 0 Å². The molecule has 5 heteroatoms. The number of methoxy groups -OCH3 is 1. The smallest absolute Gasteiger partial charge is 0.255 e. The van der Waals surface area contributed by atoms with Gasteiger partial charge in [0.1, 0.15) is 17.2 Å². The lowest BCUT2D eigenvalue weighted by Gasteiger charge is -2.11. The average molecular weight is 354 g/mol. The van der Waals surface area contributed by atoms with Gasteiger partial charge in [0.15, 0.2) is 0 Å². The molecule has 25 heavy (non-hydrogen) atoms. The lowest BCUT2D eigenvalue weighted by Crippen LogP contribution is -2.12. The van der Waals surface area contributed by atoms with E-state index in [4.69, 9.17) is 21.1 Å². The summed E-state index contributed by atoms with van der Waals surface area (Å²) in [6, 6.07) is 21.4. The summed E-state index contributed by atoms with van der Waals surface area (Å²) in [4.78, 5) is 12.5. The number of nitrogens with one attached hydrogen (secondary N) is 1. The molecule has 0 aromatic heterocycles. The molecule has 0 heterocycles. The molecule has 3 aromatic rings. The Bertz CT molecular complexity index is 881. The summed E-state index contributed by atoms with van der Waals surface area (Å²) in [5.41, 5.74) is 0.977. The second-order valence-electron chi connectivity index (χ2n) is 5.24. The molecule has 0 atom stereocenters. The van der Waals surface area contributed by atoms with E-state index in [9.17, 15) is 4.79 Å².